The van der Waals surface area contributed by atoms with E-state index in [4.69, 9.17) is 4.42 Å². The van der Waals surface area contributed by atoms with Gasteiger partial charge in [0.05, 0.1) is 27.8 Å². The highest BCUT2D eigenvalue weighted by Gasteiger charge is 2.22. The molecule has 0 saturated heterocycles. The molecule has 0 saturated carbocycles. The van der Waals surface area contributed by atoms with E-state index in [0.29, 0.717) is 16.8 Å². The summed E-state index contributed by atoms with van der Waals surface area (Å²) in [4.78, 5) is 0. The third-order valence-electron chi connectivity index (χ3n) is 8.12. The van der Waals surface area contributed by atoms with Crippen molar-refractivity contribution in [3.05, 3.63) is 139 Å². The number of para-hydroxylation sites is 3. The topological polar surface area (TPSA) is 65.7 Å². The van der Waals surface area contributed by atoms with Crippen molar-refractivity contribution in [3.8, 4) is 40.1 Å². The second-order valence-corrected chi connectivity index (χ2v) is 10.3. The zero-order valence-electron chi connectivity index (χ0n) is 22.4. The molecule has 0 fully saturated rings. The van der Waals surface area contributed by atoms with Crippen LogP contribution in [0.4, 0.5) is 0 Å². The monoisotopic (exact) mass is 535 g/mol. The third kappa shape index (κ3) is 3.40. The van der Waals surface area contributed by atoms with Crippen LogP contribution < -0.4 is 0 Å². The molecule has 4 heteroatoms. The van der Waals surface area contributed by atoms with Gasteiger partial charge in [-0.05, 0) is 53.1 Å². The van der Waals surface area contributed by atoms with Crippen molar-refractivity contribution in [1.82, 2.24) is 4.57 Å². The smallest absolute Gasteiger partial charge is 0.135 e. The summed E-state index contributed by atoms with van der Waals surface area (Å²) in [5, 5.41) is 24.9. The highest BCUT2D eigenvalue weighted by atomic mass is 16.3. The molecule has 2 aromatic heterocycles. The number of furan rings is 1. The van der Waals surface area contributed by atoms with Crippen molar-refractivity contribution >= 4 is 43.7 Å². The van der Waals surface area contributed by atoms with Crippen molar-refractivity contribution in [1.29, 1.82) is 10.5 Å². The number of hydrogen-bond acceptors (Lipinski definition) is 3. The first-order chi connectivity index (χ1) is 20.8. The Bertz CT molecular complexity index is 2390. The van der Waals surface area contributed by atoms with Gasteiger partial charge in [-0.15, -0.1) is 0 Å². The number of nitriles is 2. The van der Waals surface area contributed by atoms with E-state index in [1.807, 2.05) is 66.7 Å². The van der Waals surface area contributed by atoms with Crippen LogP contribution in [0.5, 0.6) is 0 Å². The Labute approximate surface area is 241 Å². The van der Waals surface area contributed by atoms with Gasteiger partial charge in [0.1, 0.15) is 23.3 Å². The first-order valence-electron chi connectivity index (χ1n) is 13.7. The number of benzene rings is 6. The molecule has 0 aliphatic carbocycles. The van der Waals surface area contributed by atoms with Gasteiger partial charge in [-0.25, -0.2) is 0 Å². The molecule has 0 aliphatic heterocycles. The SMILES string of the molecule is N#Cc1ccc(-c2ccccc2-c2ccc3oc4ccccc4c3c2)c(-n2c3ccccc3c3ccccc32)c1C#N. The van der Waals surface area contributed by atoms with Crippen molar-refractivity contribution in [2.75, 3.05) is 0 Å². The van der Waals surface area contributed by atoms with Crippen LogP contribution in [-0.4, -0.2) is 4.57 Å². The van der Waals surface area contributed by atoms with Crippen LogP contribution in [0.15, 0.2) is 132 Å². The molecule has 0 amide bonds. The highest BCUT2D eigenvalue weighted by molar-refractivity contribution is 6.11. The molecule has 8 aromatic rings. The summed E-state index contributed by atoms with van der Waals surface area (Å²) in [7, 11) is 0. The van der Waals surface area contributed by atoms with E-state index < -0.39 is 0 Å². The maximum atomic E-state index is 10.5. The quantitative estimate of drug-likeness (QED) is 0.226. The summed E-state index contributed by atoms with van der Waals surface area (Å²) in [6.45, 7) is 0. The Morgan fingerprint density at radius 2 is 1.12 bits per heavy atom. The van der Waals surface area contributed by atoms with Crippen LogP contribution in [0.2, 0.25) is 0 Å². The van der Waals surface area contributed by atoms with Crippen LogP contribution in [0, 0.1) is 22.7 Å². The average molecular weight is 536 g/mol. The largest absolute Gasteiger partial charge is 0.456 e. The molecule has 0 N–H and O–H groups in total. The summed E-state index contributed by atoms with van der Waals surface area (Å²) < 4.78 is 8.24. The summed E-state index contributed by atoms with van der Waals surface area (Å²) in [6, 6.07) is 47.4. The van der Waals surface area contributed by atoms with Gasteiger partial charge in [0.2, 0.25) is 0 Å². The van der Waals surface area contributed by atoms with Crippen molar-refractivity contribution < 1.29 is 4.42 Å². The van der Waals surface area contributed by atoms with Gasteiger partial charge in [0, 0.05) is 27.1 Å². The summed E-state index contributed by atoms with van der Waals surface area (Å²) in [6.07, 6.45) is 0. The average Bonchev–Trinajstić information content (AvgIpc) is 3.59. The van der Waals surface area contributed by atoms with Crippen LogP contribution in [0.25, 0.3) is 71.7 Å². The lowest BCUT2D eigenvalue weighted by molar-refractivity contribution is 0.669. The molecule has 194 valence electrons. The number of nitrogens with zero attached hydrogens (tertiary/aromatic N) is 3. The van der Waals surface area contributed by atoms with Gasteiger partial charge < -0.3 is 8.98 Å². The molecular formula is C38H21N3O. The maximum Gasteiger partial charge on any atom is 0.135 e. The first-order valence-corrected chi connectivity index (χ1v) is 13.7. The molecule has 42 heavy (non-hydrogen) atoms. The zero-order chi connectivity index (χ0) is 28.2. The molecular weight excluding hydrogens is 514 g/mol. The predicted molar refractivity (Wildman–Crippen MR) is 168 cm³/mol. The van der Waals surface area contributed by atoms with Crippen LogP contribution in [-0.2, 0) is 0 Å². The Balaban J connectivity index is 1.46. The van der Waals surface area contributed by atoms with E-state index in [0.717, 1.165) is 66.0 Å². The molecule has 0 spiro atoms. The standard InChI is InChI=1S/C38H21N3O/c39-22-25-17-19-31(38(33(25)23-40)41-34-14-6-3-11-28(34)29-12-4-7-15-35(29)41)27-10-2-1-9-26(27)24-18-20-37-32(21-24)30-13-5-8-16-36(30)42-37/h1-21H. The number of hydrogen-bond donors (Lipinski definition) is 0. The Morgan fingerprint density at radius 1 is 0.500 bits per heavy atom. The van der Waals surface area contributed by atoms with E-state index in [2.05, 4.69) is 71.3 Å². The van der Waals surface area contributed by atoms with Gasteiger partial charge in [-0.3, -0.25) is 0 Å². The maximum absolute atomic E-state index is 10.5. The summed E-state index contributed by atoms with van der Waals surface area (Å²) in [5.41, 5.74) is 9.00. The first kappa shape index (κ1) is 23.8. The van der Waals surface area contributed by atoms with E-state index >= 15 is 0 Å². The molecule has 0 bridgehead atoms. The number of rotatable bonds is 3. The minimum Gasteiger partial charge on any atom is -0.456 e. The Kier molecular flexibility index (Phi) is 5.22. The molecule has 6 aromatic carbocycles. The van der Waals surface area contributed by atoms with Gasteiger partial charge in [-0.1, -0.05) is 91.0 Å². The van der Waals surface area contributed by atoms with Crippen molar-refractivity contribution in [2.45, 2.75) is 0 Å². The molecule has 0 radical (unpaired) electrons. The molecule has 0 atom stereocenters. The number of fused-ring (bicyclic) bond motifs is 6. The summed E-state index contributed by atoms with van der Waals surface area (Å²) >= 11 is 0. The lowest BCUT2D eigenvalue weighted by Gasteiger charge is -2.19. The van der Waals surface area contributed by atoms with E-state index in [1.54, 1.807) is 6.07 Å². The van der Waals surface area contributed by atoms with E-state index in [1.165, 1.54) is 0 Å². The molecule has 0 aliphatic rings. The predicted octanol–water partition coefficient (Wildman–Crippen LogP) is 9.76. The third-order valence-corrected chi connectivity index (χ3v) is 8.12. The van der Waals surface area contributed by atoms with Gasteiger partial charge in [0.15, 0.2) is 0 Å². The lowest BCUT2D eigenvalue weighted by atomic mass is 9.90. The normalized spacial score (nSPS) is 11.3. The molecule has 8 rings (SSSR count). The molecule has 2 heterocycles. The second kappa shape index (κ2) is 9.24. The van der Waals surface area contributed by atoms with Crippen molar-refractivity contribution in [3.63, 3.8) is 0 Å². The summed E-state index contributed by atoms with van der Waals surface area (Å²) in [5.74, 6) is 0. The Morgan fingerprint density at radius 3 is 1.83 bits per heavy atom. The minimum absolute atomic E-state index is 0.349. The molecule has 4 nitrogen and oxygen atoms in total. The van der Waals surface area contributed by atoms with Crippen LogP contribution in [0.1, 0.15) is 11.1 Å². The van der Waals surface area contributed by atoms with E-state index in [9.17, 15) is 10.5 Å². The van der Waals surface area contributed by atoms with Gasteiger partial charge >= 0.3 is 0 Å². The van der Waals surface area contributed by atoms with E-state index in [-0.39, 0.29) is 0 Å². The number of aromatic nitrogens is 1. The van der Waals surface area contributed by atoms with Gasteiger partial charge in [-0.2, -0.15) is 10.5 Å². The van der Waals surface area contributed by atoms with Gasteiger partial charge in [0.25, 0.3) is 0 Å². The Hall–Kier alpha value is -6.10. The van der Waals surface area contributed by atoms with Crippen LogP contribution in [0.3, 0.4) is 0 Å². The lowest BCUT2D eigenvalue weighted by Crippen LogP contribution is -2.03. The molecule has 0 unspecified atom stereocenters. The highest BCUT2D eigenvalue weighted by Crippen LogP contribution is 2.42. The van der Waals surface area contributed by atoms with Crippen molar-refractivity contribution in [2.24, 2.45) is 0 Å². The fraction of sp³-hybridized carbons (Fsp3) is 0. The fourth-order valence-corrected chi connectivity index (χ4v) is 6.27. The van der Waals surface area contributed by atoms with Crippen LogP contribution >= 0.6 is 0 Å². The second-order valence-electron chi connectivity index (χ2n) is 10.3. The zero-order valence-corrected chi connectivity index (χ0v) is 22.4. The minimum atomic E-state index is 0.349. The fourth-order valence-electron chi connectivity index (χ4n) is 6.27.